The zero-order valence-corrected chi connectivity index (χ0v) is 8.00. The van der Waals surface area contributed by atoms with Crippen molar-refractivity contribution in [1.29, 1.82) is 0 Å². The van der Waals surface area contributed by atoms with Gasteiger partial charge in [0.05, 0.1) is 0 Å². The van der Waals surface area contributed by atoms with Crippen molar-refractivity contribution >= 4 is 12.4 Å². The molecule has 2 rings (SSSR count). The number of nitrogens with two attached hydrogens (primary N) is 1. The molecule has 0 saturated carbocycles. The summed E-state index contributed by atoms with van der Waals surface area (Å²) in [4.78, 5) is 0. The lowest BCUT2D eigenvalue weighted by Gasteiger charge is -2.29. The van der Waals surface area contributed by atoms with Crippen LogP contribution in [0, 0.1) is 0 Å². The highest BCUT2D eigenvalue weighted by Gasteiger charge is 2.20. The van der Waals surface area contributed by atoms with Gasteiger partial charge in [-0.15, -0.1) is 12.4 Å². The maximum absolute atomic E-state index is 9.43. The number of rotatable bonds is 0. The number of benzene rings is 1. The van der Waals surface area contributed by atoms with E-state index in [9.17, 15) is 5.11 Å². The molecular weight excluding hydrogens is 200 g/mol. The molecule has 0 saturated heterocycles. The standard InChI is InChI=1S/C9H12N2O.CH4.ClH/c10-11-6-8-4-2-1-3-7(8)5-9(11)12;;/h1-4,9,12H,5-6,10H2;1H4;1H. The van der Waals surface area contributed by atoms with Crippen LogP contribution in [-0.2, 0) is 13.0 Å². The molecule has 3 nitrogen and oxygen atoms in total. The fourth-order valence-electron chi connectivity index (χ4n) is 1.53. The van der Waals surface area contributed by atoms with Crippen molar-refractivity contribution in [3.8, 4) is 0 Å². The molecule has 0 aliphatic carbocycles. The zero-order valence-electron chi connectivity index (χ0n) is 7.18. The largest absolute Gasteiger partial charge is 0.377 e. The first kappa shape index (κ1) is 13.4. The van der Waals surface area contributed by atoms with Gasteiger partial charge in [0.2, 0.25) is 0 Å². The summed E-state index contributed by atoms with van der Waals surface area (Å²) in [5.41, 5.74) is 2.41. The Bertz CT molecular complexity index is 264. The number of nitrogens with zero attached hydrogens (tertiary/aromatic N) is 1. The second-order valence-corrected chi connectivity index (χ2v) is 3.13. The number of fused-ring (bicyclic) bond motifs is 1. The van der Waals surface area contributed by atoms with E-state index >= 15 is 0 Å². The van der Waals surface area contributed by atoms with E-state index in [2.05, 4.69) is 0 Å². The van der Waals surface area contributed by atoms with Crippen molar-refractivity contribution < 1.29 is 5.11 Å². The molecule has 0 fully saturated rings. The van der Waals surface area contributed by atoms with Gasteiger partial charge in [0.15, 0.2) is 0 Å². The van der Waals surface area contributed by atoms with Gasteiger partial charge < -0.3 is 5.11 Å². The van der Waals surface area contributed by atoms with E-state index in [0.29, 0.717) is 13.0 Å². The summed E-state index contributed by atoms with van der Waals surface area (Å²) in [6, 6.07) is 8.05. The molecule has 1 aliphatic heterocycles. The fraction of sp³-hybridized carbons (Fsp3) is 0.400. The molecule has 3 N–H and O–H groups in total. The van der Waals surface area contributed by atoms with Crippen LogP contribution in [0.5, 0.6) is 0 Å². The predicted molar refractivity (Wildman–Crippen MR) is 59.9 cm³/mol. The van der Waals surface area contributed by atoms with Crippen LogP contribution in [0.4, 0.5) is 0 Å². The van der Waals surface area contributed by atoms with E-state index < -0.39 is 6.23 Å². The minimum Gasteiger partial charge on any atom is -0.377 e. The highest BCUT2D eigenvalue weighted by Crippen LogP contribution is 2.18. The monoisotopic (exact) mass is 216 g/mol. The normalized spacial score (nSPS) is 20.3. The first-order valence-electron chi connectivity index (χ1n) is 4.03. The lowest BCUT2D eigenvalue weighted by atomic mass is 10.00. The number of aliphatic hydroxyl groups excluding tert-OH is 1. The van der Waals surface area contributed by atoms with Crippen LogP contribution in [0.15, 0.2) is 24.3 Å². The van der Waals surface area contributed by atoms with Crippen LogP contribution < -0.4 is 5.84 Å². The first-order valence-corrected chi connectivity index (χ1v) is 4.03. The molecule has 1 unspecified atom stereocenters. The molecule has 1 aromatic carbocycles. The molecule has 0 aromatic heterocycles. The average molecular weight is 217 g/mol. The molecule has 4 heteroatoms. The average Bonchev–Trinajstić information content (AvgIpc) is 2.07. The Kier molecular flexibility index (Phi) is 5.08. The Morgan fingerprint density at radius 1 is 1.29 bits per heavy atom. The van der Waals surface area contributed by atoms with Gasteiger partial charge >= 0.3 is 0 Å². The quantitative estimate of drug-likeness (QED) is 0.643. The van der Waals surface area contributed by atoms with Gasteiger partial charge in [0, 0.05) is 13.0 Å². The van der Waals surface area contributed by atoms with Crippen LogP contribution in [0.3, 0.4) is 0 Å². The summed E-state index contributed by atoms with van der Waals surface area (Å²) in [5.74, 6) is 5.58. The van der Waals surface area contributed by atoms with Gasteiger partial charge in [-0.2, -0.15) is 0 Å². The van der Waals surface area contributed by atoms with Gasteiger partial charge in [-0.25, -0.2) is 5.01 Å². The molecule has 0 amide bonds. The number of halogens is 1. The van der Waals surface area contributed by atoms with Gasteiger partial charge in [-0.05, 0) is 11.1 Å². The van der Waals surface area contributed by atoms with E-state index in [1.165, 1.54) is 16.1 Å². The Hall–Kier alpha value is -0.610. The van der Waals surface area contributed by atoms with E-state index in [1.54, 1.807) is 0 Å². The number of hydrogen-bond acceptors (Lipinski definition) is 3. The lowest BCUT2D eigenvalue weighted by molar-refractivity contribution is -0.0110. The molecule has 1 aliphatic rings. The molecule has 80 valence electrons. The highest BCUT2D eigenvalue weighted by atomic mass is 35.5. The van der Waals surface area contributed by atoms with Gasteiger partial charge in [-0.1, -0.05) is 31.7 Å². The second kappa shape index (κ2) is 5.32. The number of hydrogen-bond donors (Lipinski definition) is 2. The molecule has 1 aromatic rings. The van der Waals surface area contributed by atoms with Crippen molar-refractivity contribution in [1.82, 2.24) is 5.01 Å². The van der Waals surface area contributed by atoms with Crippen molar-refractivity contribution in [2.75, 3.05) is 0 Å². The van der Waals surface area contributed by atoms with Crippen LogP contribution >= 0.6 is 12.4 Å². The molecular formula is C10H17ClN2O. The summed E-state index contributed by atoms with van der Waals surface area (Å²) >= 11 is 0. The smallest absolute Gasteiger partial charge is 0.123 e. The minimum atomic E-state index is -0.528. The topological polar surface area (TPSA) is 49.5 Å². The van der Waals surface area contributed by atoms with Crippen molar-refractivity contribution in [2.24, 2.45) is 5.84 Å². The lowest BCUT2D eigenvalue weighted by Crippen LogP contribution is -2.44. The second-order valence-electron chi connectivity index (χ2n) is 3.13. The Balaban J connectivity index is 0.000000845. The summed E-state index contributed by atoms with van der Waals surface area (Å²) in [7, 11) is 0. The van der Waals surface area contributed by atoms with E-state index in [0.717, 1.165) is 0 Å². The minimum absolute atomic E-state index is 0. The van der Waals surface area contributed by atoms with Crippen molar-refractivity contribution in [3.05, 3.63) is 35.4 Å². The molecule has 0 radical (unpaired) electrons. The maximum atomic E-state index is 9.43. The van der Waals surface area contributed by atoms with E-state index in [4.69, 9.17) is 5.84 Å². The number of hydrazine groups is 1. The van der Waals surface area contributed by atoms with E-state index in [1.807, 2.05) is 24.3 Å². The van der Waals surface area contributed by atoms with Gasteiger partial charge in [-0.3, -0.25) is 5.84 Å². The Morgan fingerprint density at radius 2 is 1.86 bits per heavy atom. The summed E-state index contributed by atoms with van der Waals surface area (Å²) < 4.78 is 0. The van der Waals surface area contributed by atoms with Gasteiger partial charge in [0.25, 0.3) is 0 Å². The molecule has 0 bridgehead atoms. The first-order chi connectivity index (χ1) is 5.77. The Morgan fingerprint density at radius 3 is 2.50 bits per heavy atom. The molecule has 0 spiro atoms. The van der Waals surface area contributed by atoms with Crippen LogP contribution in [0.2, 0.25) is 0 Å². The van der Waals surface area contributed by atoms with Gasteiger partial charge in [0.1, 0.15) is 6.23 Å². The summed E-state index contributed by atoms with van der Waals surface area (Å²) in [6.45, 7) is 0.636. The third-order valence-electron chi connectivity index (χ3n) is 2.26. The number of aliphatic hydroxyl groups is 1. The van der Waals surface area contributed by atoms with Crippen molar-refractivity contribution in [3.63, 3.8) is 0 Å². The Labute approximate surface area is 90.9 Å². The molecule has 1 atom stereocenters. The zero-order chi connectivity index (χ0) is 8.55. The summed E-state index contributed by atoms with van der Waals surface area (Å²) in [6.07, 6.45) is 0.104. The third kappa shape index (κ3) is 2.45. The van der Waals surface area contributed by atoms with Crippen LogP contribution in [0.25, 0.3) is 0 Å². The predicted octanol–water partition coefficient (Wildman–Crippen LogP) is 1.29. The van der Waals surface area contributed by atoms with Crippen LogP contribution in [-0.4, -0.2) is 16.3 Å². The SMILES string of the molecule is C.Cl.NN1Cc2ccccc2CC1O. The highest BCUT2D eigenvalue weighted by molar-refractivity contribution is 5.85. The molecule has 14 heavy (non-hydrogen) atoms. The van der Waals surface area contributed by atoms with Crippen LogP contribution in [0.1, 0.15) is 18.6 Å². The third-order valence-corrected chi connectivity index (χ3v) is 2.26. The van der Waals surface area contributed by atoms with E-state index in [-0.39, 0.29) is 19.8 Å². The molecule has 1 heterocycles. The summed E-state index contributed by atoms with van der Waals surface area (Å²) in [5, 5.41) is 10.9. The maximum Gasteiger partial charge on any atom is 0.123 e. The van der Waals surface area contributed by atoms with Crippen molar-refractivity contribution in [2.45, 2.75) is 26.6 Å². The fourth-order valence-corrected chi connectivity index (χ4v) is 1.53.